The number of nitrogens with zero attached hydrogens (tertiary/aromatic N) is 1. The van der Waals surface area contributed by atoms with Gasteiger partial charge in [-0.3, -0.25) is 5.43 Å². The van der Waals surface area contributed by atoms with E-state index in [1.165, 1.54) is 0 Å². The highest BCUT2D eigenvalue weighted by Gasteiger charge is 2.06. The first-order valence-corrected chi connectivity index (χ1v) is 6.04. The van der Waals surface area contributed by atoms with Gasteiger partial charge in [0.25, 0.3) is 0 Å². The largest absolute Gasteiger partial charge is 0.465 e. The average molecular weight is 331 g/mol. The molecule has 6 nitrogen and oxygen atoms in total. The lowest BCUT2D eigenvalue weighted by atomic mass is 10.1. The molecule has 18 heavy (non-hydrogen) atoms. The van der Waals surface area contributed by atoms with Gasteiger partial charge in [0.1, 0.15) is 0 Å². The Hall–Kier alpha value is -1.67. The van der Waals surface area contributed by atoms with Crippen molar-refractivity contribution in [2.75, 3.05) is 6.54 Å². The van der Waals surface area contributed by atoms with Crippen molar-refractivity contribution in [2.24, 2.45) is 10.8 Å². The van der Waals surface area contributed by atoms with Gasteiger partial charge in [-0.2, -0.15) is 5.10 Å². The Labute approximate surface area is 117 Å². The Morgan fingerprint density at radius 2 is 2.28 bits per heavy atom. The maximum Gasteiger partial charge on any atom is 0.404 e. The quantitative estimate of drug-likeness (QED) is 0.378. The molecule has 0 aliphatic carbocycles. The van der Waals surface area contributed by atoms with E-state index in [0.29, 0.717) is 5.71 Å². The molecule has 5 N–H and O–H groups in total. The van der Waals surface area contributed by atoms with Crippen LogP contribution in [0.15, 0.2) is 33.8 Å². The van der Waals surface area contributed by atoms with Crippen molar-refractivity contribution in [1.82, 2.24) is 10.7 Å². The van der Waals surface area contributed by atoms with Crippen LogP contribution in [0.1, 0.15) is 5.56 Å². The van der Waals surface area contributed by atoms with E-state index in [0.717, 1.165) is 10.0 Å². The Kier molecular flexibility index (Phi) is 5.53. The molecular weight excluding hydrogens is 320 g/mol. The number of amides is 1. The SMILES string of the molecule is NC(=S)NN=C(CNC(=O)O)c1cccc(Br)c1. The summed E-state index contributed by atoms with van der Waals surface area (Å²) in [4.78, 5) is 10.5. The molecule has 1 amide bonds. The number of nitrogens with two attached hydrogens (primary N) is 1. The number of benzene rings is 1. The van der Waals surface area contributed by atoms with Crippen LogP contribution in [0.4, 0.5) is 4.79 Å². The highest BCUT2D eigenvalue weighted by molar-refractivity contribution is 9.10. The van der Waals surface area contributed by atoms with Gasteiger partial charge in [-0.05, 0) is 24.4 Å². The monoisotopic (exact) mass is 330 g/mol. The molecule has 8 heteroatoms. The summed E-state index contributed by atoms with van der Waals surface area (Å²) in [5, 5.41) is 14.8. The third-order valence-corrected chi connectivity index (χ3v) is 2.45. The van der Waals surface area contributed by atoms with Crippen LogP contribution in [0.2, 0.25) is 0 Å². The number of hydrogen-bond acceptors (Lipinski definition) is 3. The smallest absolute Gasteiger partial charge is 0.404 e. The fourth-order valence-corrected chi connectivity index (χ4v) is 1.60. The van der Waals surface area contributed by atoms with Crippen LogP contribution in [0, 0.1) is 0 Å². The summed E-state index contributed by atoms with van der Waals surface area (Å²) in [6.45, 7) is 0.0431. The highest BCUT2D eigenvalue weighted by atomic mass is 79.9. The standard InChI is InChI=1S/C10H11BrN4O2S/c11-7-3-1-2-6(4-7)8(5-13-10(16)17)14-15-9(12)18/h1-4,13H,5H2,(H,16,17)(H3,12,15,18). The number of thiocarbonyl (C=S) groups is 1. The zero-order valence-corrected chi connectivity index (χ0v) is 11.6. The minimum absolute atomic E-state index is 0.0119. The summed E-state index contributed by atoms with van der Waals surface area (Å²) in [5.41, 5.74) is 8.94. The van der Waals surface area contributed by atoms with Gasteiger partial charge in [0.2, 0.25) is 0 Å². The minimum Gasteiger partial charge on any atom is -0.465 e. The molecule has 1 aromatic carbocycles. The third-order valence-electron chi connectivity index (χ3n) is 1.87. The molecule has 0 saturated heterocycles. The molecule has 0 spiro atoms. The van der Waals surface area contributed by atoms with Gasteiger partial charge < -0.3 is 16.2 Å². The summed E-state index contributed by atoms with van der Waals surface area (Å²) in [6.07, 6.45) is -1.13. The molecule has 0 saturated carbocycles. The number of hydrazone groups is 1. The maximum atomic E-state index is 10.5. The van der Waals surface area contributed by atoms with E-state index < -0.39 is 6.09 Å². The topological polar surface area (TPSA) is 99.7 Å². The van der Waals surface area contributed by atoms with Crippen LogP contribution in [0.25, 0.3) is 0 Å². The molecule has 0 radical (unpaired) electrons. The molecule has 0 aromatic heterocycles. The minimum atomic E-state index is -1.13. The van der Waals surface area contributed by atoms with E-state index in [2.05, 4.69) is 44.0 Å². The molecule has 0 fully saturated rings. The first-order chi connectivity index (χ1) is 8.49. The van der Waals surface area contributed by atoms with Crippen molar-refractivity contribution < 1.29 is 9.90 Å². The highest BCUT2D eigenvalue weighted by Crippen LogP contribution is 2.12. The van der Waals surface area contributed by atoms with E-state index in [-0.39, 0.29) is 11.7 Å². The Bertz CT molecular complexity index is 493. The lowest BCUT2D eigenvalue weighted by molar-refractivity contribution is 0.196. The van der Waals surface area contributed by atoms with Crippen LogP contribution in [-0.2, 0) is 0 Å². The fraction of sp³-hybridized carbons (Fsp3) is 0.100. The van der Waals surface area contributed by atoms with Gasteiger partial charge >= 0.3 is 6.09 Å². The lowest BCUT2D eigenvalue weighted by Crippen LogP contribution is -2.32. The Morgan fingerprint density at radius 1 is 1.56 bits per heavy atom. The van der Waals surface area contributed by atoms with E-state index in [9.17, 15) is 4.79 Å². The number of hydrogen-bond donors (Lipinski definition) is 4. The summed E-state index contributed by atoms with van der Waals surface area (Å²) >= 11 is 7.97. The predicted octanol–water partition coefficient (Wildman–Crippen LogP) is 1.25. The molecule has 0 aliphatic heterocycles. The van der Waals surface area contributed by atoms with Crippen LogP contribution in [0.5, 0.6) is 0 Å². The van der Waals surface area contributed by atoms with Crippen molar-refractivity contribution in [3.63, 3.8) is 0 Å². The molecule has 1 aromatic rings. The van der Waals surface area contributed by atoms with Crippen LogP contribution in [0.3, 0.4) is 0 Å². The summed E-state index contributed by atoms with van der Waals surface area (Å²) in [7, 11) is 0. The molecular formula is C10H11BrN4O2S. The van der Waals surface area contributed by atoms with Gasteiger partial charge in [-0.15, -0.1) is 0 Å². The average Bonchev–Trinajstić information content (AvgIpc) is 2.28. The Morgan fingerprint density at radius 3 is 2.83 bits per heavy atom. The molecule has 0 aliphatic rings. The molecule has 0 heterocycles. The third kappa shape index (κ3) is 5.11. The van der Waals surface area contributed by atoms with Crippen LogP contribution in [-0.4, -0.2) is 28.6 Å². The summed E-state index contributed by atoms with van der Waals surface area (Å²) in [5.74, 6) is 0. The molecule has 96 valence electrons. The van der Waals surface area contributed by atoms with E-state index in [1.807, 2.05) is 18.2 Å². The number of carboxylic acid groups (broad SMARTS) is 1. The number of rotatable bonds is 4. The first-order valence-electron chi connectivity index (χ1n) is 4.84. The second kappa shape index (κ2) is 6.92. The van der Waals surface area contributed by atoms with Gasteiger partial charge in [0, 0.05) is 10.0 Å². The van der Waals surface area contributed by atoms with Crippen LogP contribution >= 0.6 is 28.1 Å². The van der Waals surface area contributed by atoms with E-state index >= 15 is 0 Å². The number of halogens is 1. The maximum absolute atomic E-state index is 10.5. The van der Waals surface area contributed by atoms with Crippen molar-refractivity contribution in [3.8, 4) is 0 Å². The second-order valence-corrected chi connectivity index (χ2v) is 4.56. The fourth-order valence-electron chi connectivity index (χ4n) is 1.16. The van der Waals surface area contributed by atoms with Crippen molar-refractivity contribution >= 4 is 45.1 Å². The predicted molar refractivity (Wildman–Crippen MR) is 76.6 cm³/mol. The number of carbonyl (C=O) groups is 1. The van der Waals surface area contributed by atoms with Crippen molar-refractivity contribution in [1.29, 1.82) is 0 Å². The van der Waals surface area contributed by atoms with Crippen molar-refractivity contribution in [3.05, 3.63) is 34.3 Å². The lowest BCUT2D eigenvalue weighted by Gasteiger charge is -2.07. The zero-order valence-electron chi connectivity index (χ0n) is 9.18. The van der Waals surface area contributed by atoms with Crippen molar-refractivity contribution in [2.45, 2.75) is 0 Å². The zero-order chi connectivity index (χ0) is 13.5. The second-order valence-electron chi connectivity index (χ2n) is 3.20. The van der Waals surface area contributed by atoms with Crippen LogP contribution < -0.4 is 16.5 Å². The molecule has 0 unspecified atom stereocenters. The molecule has 1 rings (SSSR count). The Balaban J connectivity index is 2.92. The van der Waals surface area contributed by atoms with Gasteiger partial charge in [-0.1, -0.05) is 28.1 Å². The van der Waals surface area contributed by atoms with Gasteiger partial charge in [0.15, 0.2) is 5.11 Å². The normalized spacial score (nSPS) is 10.8. The van der Waals surface area contributed by atoms with Gasteiger partial charge in [0.05, 0.1) is 12.3 Å². The first kappa shape index (κ1) is 14.4. The van der Waals surface area contributed by atoms with E-state index in [1.54, 1.807) is 6.07 Å². The summed E-state index contributed by atoms with van der Waals surface area (Å²) in [6, 6.07) is 7.28. The molecule has 0 atom stereocenters. The number of nitrogens with one attached hydrogen (secondary N) is 2. The van der Waals surface area contributed by atoms with E-state index in [4.69, 9.17) is 10.8 Å². The summed E-state index contributed by atoms with van der Waals surface area (Å²) < 4.78 is 0.860. The molecule has 0 bridgehead atoms. The van der Waals surface area contributed by atoms with Gasteiger partial charge in [-0.25, -0.2) is 4.79 Å².